The van der Waals surface area contributed by atoms with Crippen LogP contribution in [0.3, 0.4) is 0 Å². The number of nitrogens with zero attached hydrogens (tertiary/aromatic N) is 3. The van der Waals surface area contributed by atoms with E-state index in [2.05, 4.69) is 15.2 Å². The molecule has 0 saturated carbocycles. The topological polar surface area (TPSA) is 82.4 Å². The molecule has 0 spiro atoms. The van der Waals surface area contributed by atoms with Crippen molar-refractivity contribution in [2.24, 2.45) is 10.2 Å². The Labute approximate surface area is 159 Å². The Morgan fingerprint density at radius 2 is 1.96 bits per heavy atom. The van der Waals surface area contributed by atoms with Gasteiger partial charge < -0.3 is 14.2 Å². The fourth-order valence-corrected chi connectivity index (χ4v) is 2.08. The third-order valence-electron chi connectivity index (χ3n) is 3.37. The van der Waals surface area contributed by atoms with Crippen LogP contribution in [-0.2, 0) is 9.53 Å². The van der Waals surface area contributed by atoms with Gasteiger partial charge in [0.1, 0.15) is 11.4 Å². The van der Waals surface area contributed by atoms with Crippen molar-refractivity contribution < 1.29 is 19.0 Å². The van der Waals surface area contributed by atoms with Crippen LogP contribution in [-0.4, -0.2) is 29.7 Å². The molecule has 2 aromatic rings. The number of pyridine rings is 1. The number of aryl methyl sites for hydroxylation is 1. The molecule has 7 nitrogen and oxygen atoms in total. The van der Waals surface area contributed by atoms with Crippen molar-refractivity contribution in [3.63, 3.8) is 0 Å². The first-order chi connectivity index (χ1) is 12.9. The maximum absolute atomic E-state index is 11.7. The quantitative estimate of drug-likeness (QED) is 0.481. The first-order valence-corrected chi connectivity index (χ1v) is 8.87. The highest BCUT2D eigenvalue weighted by Crippen LogP contribution is 2.34. The Bertz CT molecular complexity index is 788. The molecule has 0 bridgehead atoms. The Balaban J connectivity index is 2.21. The van der Waals surface area contributed by atoms with Crippen LogP contribution in [0.4, 0.5) is 5.69 Å². The summed E-state index contributed by atoms with van der Waals surface area (Å²) < 4.78 is 16.5. The number of ether oxygens (including phenoxy) is 3. The maximum atomic E-state index is 11.7. The summed E-state index contributed by atoms with van der Waals surface area (Å²) in [6, 6.07) is 8.23. The van der Waals surface area contributed by atoms with Gasteiger partial charge in [-0.05, 0) is 52.3 Å². The molecule has 0 saturated heterocycles. The van der Waals surface area contributed by atoms with Crippen molar-refractivity contribution in [1.82, 2.24) is 4.98 Å². The zero-order valence-corrected chi connectivity index (χ0v) is 16.3. The molecular formula is C20H25N3O4. The van der Waals surface area contributed by atoms with Crippen molar-refractivity contribution in [1.29, 1.82) is 0 Å². The molecule has 0 radical (unpaired) electrons. The predicted octanol–water partition coefficient (Wildman–Crippen LogP) is 5.00. The monoisotopic (exact) mass is 371 g/mol. The van der Waals surface area contributed by atoms with Gasteiger partial charge in [-0.3, -0.25) is 0 Å². The fourth-order valence-electron chi connectivity index (χ4n) is 2.08. The number of benzene rings is 1. The number of esters is 1. The van der Waals surface area contributed by atoms with E-state index in [9.17, 15) is 4.79 Å². The Hall–Kier alpha value is -2.96. The lowest BCUT2D eigenvalue weighted by atomic mass is 10.2. The number of hydrogen-bond donors (Lipinski definition) is 0. The molecule has 0 N–H and O–H groups in total. The average molecular weight is 371 g/mol. The van der Waals surface area contributed by atoms with E-state index in [0.717, 1.165) is 5.56 Å². The molecule has 1 aromatic heterocycles. The first kappa shape index (κ1) is 20.4. The summed E-state index contributed by atoms with van der Waals surface area (Å²) in [6.45, 7) is 9.47. The summed E-state index contributed by atoms with van der Waals surface area (Å²) in [6.07, 6.45) is 1.68. The highest BCUT2D eigenvalue weighted by atomic mass is 16.5. The molecular weight excluding hydrogens is 346 g/mol. The van der Waals surface area contributed by atoms with E-state index in [1.54, 1.807) is 44.3 Å². The SMILES string of the molecule is CCOC(=O)C(C)N=Nc1ccc(Oc2ccc(C)cn2)cc1OC(C)C. The molecule has 2 rings (SSSR count). The number of carbonyl (C=O) groups is 1. The Kier molecular flexibility index (Phi) is 7.28. The highest BCUT2D eigenvalue weighted by molar-refractivity contribution is 5.75. The summed E-state index contributed by atoms with van der Waals surface area (Å²) in [7, 11) is 0. The molecule has 0 aliphatic carbocycles. The van der Waals surface area contributed by atoms with Crippen LogP contribution in [0.1, 0.15) is 33.3 Å². The van der Waals surface area contributed by atoms with Crippen LogP contribution in [0.5, 0.6) is 17.4 Å². The molecule has 1 heterocycles. The van der Waals surface area contributed by atoms with E-state index in [1.807, 2.05) is 26.8 Å². The van der Waals surface area contributed by atoms with Crippen LogP contribution in [0.15, 0.2) is 46.8 Å². The minimum atomic E-state index is -0.690. The minimum absolute atomic E-state index is 0.0609. The number of carbonyl (C=O) groups excluding carboxylic acids is 1. The van der Waals surface area contributed by atoms with E-state index >= 15 is 0 Å². The van der Waals surface area contributed by atoms with Crippen LogP contribution in [0.2, 0.25) is 0 Å². The first-order valence-electron chi connectivity index (χ1n) is 8.87. The Morgan fingerprint density at radius 1 is 1.19 bits per heavy atom. The average Bonchev–Trinajstić information content (AvgIpc) is 2.62. The number of hydrogen-bond acceptors (Lipinski definition) is 7. The van der Waals surface area contributed by atoms with Crippen LogP contribution < -0.4 is 9.47 Å². The summed E-state index contributed by atoms with van der Waals surface area (Å²) in [5.74, 6) is 1.15. The highest BCUT2D eigenvalue weighted by Gasteiger charge is 2.14. The molecule has 0 aliphatic rings. The second kappa shape index (κ2) is 9.66. The summed E-state index contributed by atoms with van der Waals surface area (Å²) >= 11 is 0. The lowest BCUT2D eigenvalue weighted by Crippen LogP contribution is -2.17. The van der Waals surface area contributed by atoms with Crippen molar-refractivity contribution in [2.75, 3.05) is 6.61 Å². The normalized spacial score (nSPS) is 12.2. The van der Waals surface area contributed by atoms with E-state index in [-0.39, 0.29) is 6.10 Å². The van der Waals surface area contributed by atoms with Gasteiger partial charge in [-0.2, -0.15) is 10.2 Å². The molecule has 1 atom stereocenters. The zero-order chi connectivity index (χ0) is 19.8. The molecule has 144 valence electrons. The lowest BCUT2D eigenvalue weighted by Gasteiger charge is -2.13. The fraction of sp³-hybridized carbons (Fsp3) is 0.400. The summed E-state index contributed by atoms with van der Waals surface area (Å²) in [5, 5.41) is 8.17. The number of rotatable bonds is 8. The van der Waals surface area contributed by atoms with Gasteiger partial charge in [0.05, 0.1) is 12.7 Å². The second-order valence-corrected chi connectivity index (χ2v) is 6.22. The van der Waals surface area contributed by atoms with E-state index in [0.29, 0.717) is 29.7 Å². The van der Waals surface area contributed by atoms with Gasteiger partial charge in [0.15, 0.2) is 11.8 Å². The molecule has 0 aliphatic heterocycles. The maximum Gasteiger partial charge on any atom is 0.332 e. The largest absolute Gasteiger partial charge is 0.489 e. The van der Waals surface area contributed by atoms with Crippen molar-refractivity contribution in [3.8, 4) is 17.4 Å². The van der Waals surface area contributed by atoms with Gasteiger partial charge in [0, 0.05) is 18.3 Å². The van der Waals surface area contributed by atoms with E-state index in [1.165, 1.54) is 0 Å². The van der Waals surface area contributed by atoms with Gasteiger partial charge in [-0.25, -0.2) is 9.78 Å². The summed E-state index contributed by atoms with van der Waals surface area (Å²) in [4.78, 5) is 15.9. The van der Waals surface area contributed by atoms with Gasteiger partial charge in [0.25, 0.3) is 0 Å². The molecule has 7 heteroatoms. The van der Waals surface area contributed by atoms with Crippen LogP contribution in [0, 0.1) is 6.92 Å². The van der Waals surface area contributed by atoms with Gasteiger partial charge in [0.2, 0.25) is 5.88 Å². The molecule has 1 unspecified atom stereocenters. The predicted molar refractivity (Wildman–Crippen MR) is 102 cm³/mol. The zero-order valence-electron chi connectivity index (χ0n) is 16.3. The van der Waals surface area contributed by atoms with Crippen molar-refractivity contribution >= 4 is 11.7 Å². The number of aromatic nitrogens is 1. The van der Waals surface area contributed by atoms with Gasteiger partial charge in [-0.1, -0.05) is 6.07 Å². The van der Waals surface area contributed by atoms with Gasteiger partial charge in [-0.15, -0.1) is 0 Å². The molecule has 27 heavy (non-hydrogen) atoms. The van der Waals surface area contributed by atoms with E-state index in [4.69, 9.17) is 14.2 Å². The Morgan fingerprint density at radius 3 is 2.59 bits per heavy atom. The minimum Gasteiger partial charge on any atom is -0.489 e. The van der Waals surface area contributed by atoms with Gasteiger partial charge >= 0.3 is 5.97 Å². The third kappa shape index (κ3) is 6.36. The second-order valence-electron chi connectivity index (χ2n) is 6.22. The summed E-state index contributed by atoms with van der Waals surface area (Å²) in [5.41, 5.74) is 1.56. The molecule has 0 fully saturated rings. The van der Waals surface area contributed by atoms with Crippen molar-refractivity contribution in [3.05, 3.63) is 42.1 Å². The smallest absolute Gasteiger partial charge is 0.332 e. The molecule has 1 aromatic carbocycles. The van der Waals surface area contributed by atoms with Crippen LogP contribution >= 0.6 is 0 Å². The van der Waals surface area contributed by atoms with E-state index < -0.39 is 12.0 Å². The third-order valence-corrected chi connectivity index (χ3v) is 3.37. The number of azo groups is 1. The standard InChI is InChI=1S/C20H25N3O4/c1-6-25-20(24)15(5)22-23-17-9-8-16(11-18(17)26-13(2)3)27-19-10-7-14(4)12-21-19/h7-13,15H,6H2,1-5H3. The van der Waals surface area contributed by atoms with Crippen molar-refractivity contribution in [2.45, 2.75) is 46.8 Å². The molecule has 0 amide bonds. The van der Waals surface area contributed by atoms with Crippen LogP contribution in [0.25, 0.3) is 0 Å². The lowest BCUT2D eigenvalue weighted by molar-refractivity contribution is -0.144.